The maximum atomic E-state index is 4.27. The van der Waals surface area contributed by atoms with Crippen LogP contribution in [-0.2, 0) is 0 Å². The predicted molar refractivity (Wildman–Crippen MR) is 144 cm³/mol. The highest BCUT2D eigenvalue weighted by atomic mass is 15.2. The van der Waals surface area contributed by atoms with Gasteiger partial charge in [-0.2, -0.15) is 0 Å². The van der Waals surface area contributed by atoms with E-state index in [1.54, 1.807) is 6.33 Å². The van der Waals surface area contributed by atoms with E-state index in [0.717, 1.165) is 17.1 Å². The van der Waals surface area contributed by atoms with E-state index in [0.29, 0.717) is 0 Å². The van der Waals surface area contributed by atoms with Crippen molar-refractivity contribution in [3.05, 3.63) is 128 Å². The van der Waals surface area contributed by atoms with Gasteiger partial charge in [0, 0.05) is 11.4 Å². The van der Waals surface area contributed by atoms with Gasteiger partial charge < -0.3 is 4.90 Å². The molecule has 0 amide bonds. The molecular weight excluding hydrogens is 426 g/mol. The van der Waals surface area contributed by atoms with Crippen molar-refractivity contribution < 1.29 is 0 Å². The number of nitrogens with zero attached hydrogens (tertiary/aromatic N) is 3. The quantitative estimate of drug-likeness (QED) is 0.271. The molecule has 0 bridgehead atoms. The first-order valence-electron chi connectivity index (χ1n) is 11.7. The van der Waals surface area contributed by atoms with E-state index in [1.165, 1.54) is 44.2 Å². The fourth-order valence-corrected chi connectivity index (χ4v) is 5.30. The zero-order chi connectivity index (χ0) is 23.2. The second-order valence-electron chi connectivity index (χ2n) is 8.75. The van der Waals surface area contributed by atoms with Crippen LogP contribution in [0.5, 0.6) is 0 Å². The lowest BCUT2D eigenvalue weighted by Gasteiger charge is -2.25. The van der Waals surface area contributed by atoms with Crippen molar-refractivity contribution in [3.63, 3.8) is 0 Å². The highest BCUT2D eigenvalue weighted by molar-refractivity contribution is 6.18. The summed E-state index contributed by atoms with van der Waals surface area (Å²) in [6, 6.07) is 39.0. The van der Waals surface area contributed by atoms with E-state index in [1.807, 2.05) is 18.5 Å². The predicted octanol–water partition coefficient (Wildman–Crippen LogP) is 8.41. The molecule has 164 valence electrons. The number of fused-ring (bicyclic) bond motifs is 3. The van der Waals surface area contributed by atoms with E-state index in [4.69, 9.17) is 0 Å². The van der Waals surface area contributed by atoms with Crippen molar-refractivity contribution >= 4 is 27.8 Å². The van der Waals surface area contributed by atoms with Crippen LogP contribution in [0.4, 0.5) is 17.1 Å². The molecule has 35 heavy (non-hydrogen) atoms. The van der Waals surface area contributed by atoms with Crippen LogP contribution < -0.4 is 4.90 Å². The van der Waals surface area contributed by atoms with E-state index >= 15 is 0 Å². The fraction of sp³-hybridized carbons (Fsp3) is 0. The monoisotopic (exact) mass is 447 g/mol. The normalized spacial score (nSPS) is 11.4. The van der Waals surface area contributed by atoms with E-state index in [9.17, 15) is 0 Å². The van der Waals surface area contributed by atoms with Crippen LogP contribution in [-0.4, -0.2) is 9.97 Å². The standard InChI is InChI=1S/C32H21N3/c1-2-9-23(10-3-1)35(25-19-33-21-34-20-25)24-11-6-8-22(18-24)26-16-17-31-28-13-5-4-12-27(28)30-15-7-14-29(26)32(30)31/h1-21H. The molecule has 1 aliphatic rings. The number of hydrogen-bond acceptors (Lipinski definition) is 3. The second-order valence-corrected chi connectivity index (χ2v) is 8.75. The first-order valence-corrected chi connectivity index (χ1v) is 11.7. The molecule has 0 radical (unpaired) electrons. The highest BCUT2D eigenvalue weighted by Gasteiger charge is 2.22. The van der Waals surface area contributed by atoms with Crippen LogP contribution >= 0.6 is 0 Å². The van der Waals surface area contributed by atoms with Crippen molar-refractivity contribution in [1.82, 2.24) is 9.97 Å². The molecule has 0 atom stereocenters. The van der Waals surface area contributed by atoms with Gasteiger partial charge in [-0.3, -0.25) is 0 Å². The summed E-state index contributed by atoms with van der Waals surface area (Å²) in [7, 11) is 0. The number of para-hydroxylation sites is 1. The van der Waals surface area contributed by atoms with Crippen LogP contribution in [0.3, 0.4) is 0 Å². The van der Waals surface area contributed by atoms with Crippen molar-refractivity contribution in [2.45, 2.75) is 0 Å². The third-order valence-corrected chi connectivity index (χ3v) is 6.78. The Labute approximate surface area is 204 Å². The summed E-state index contributed by atoms with van der Waals surface area (Å²) in [5.74, 6) is 0. The van der Waals surface area contributed by atoms with Gasteiger partial charge in [-0.1, -0.05) is 84.9 Å². The van der Waals surface area contributed by atoms with E-state index < -0.39 is 0 Å². The van der Waals surface area contributed by atoms with E-state index in [2.05, 4.69) is 118 Å². The largest absolute Gasteiger partial charge is 0.308 e. The summed E-state index contributed by atoms with van der Waals surface area (Å²) in [5, 5.41) is 2.62. The third-order valence-electron chi connectivity index (χ3n) is 6.78. The molecule has 0 saturated heterocycles. The van der Waals surface area contributed by atoms with Crippen molar-refractivity contribution in [2.24, 2.45) is 0 Å². The first kappa shape index (κ1) is 19.7. The molecule has 6 aromatic rings. The highest BCUT2D eigenvalue weighted by Crippen LogP contribution is 2.49. The van der Waals surface area contributed by atoms with Gasteiger partial charge in [0.2, 0.25) is 0 Å². The SMILES string of the molecule is c1ccc(N(c2cncnc2)c2cccc(-c3ccc4c5c(cccc35)-c3ccccc3-4)c2)cc1. The summed E-state index contributed by atoms with van der Waals surface area (Å²) in [6.45, 7) is 0. The van der Waals surface area contributed by atoms with Crippen molar-refractivity contribution in [3.8, 4) is 33.4 Å². The Hall–Kier alpha value is -4.76. The Morgan fingerprint density at radius 1 is 0.457 bits per heavy atom. The molecule has 1 aliphatic carbocycles. The molecule has 0 N–H and O–H groups in total. The minimum absolute atomic E-state index is 0.923. The van der Waals surface area contributed by atoms with Crippen molar-refractivity contribution in [2.75, 3.05) is 4.90 Å². The number of benzene rings is 5. The number of rotatable bonds is 4. The summed E-state index contributed by atoms with van der Waals surface area (Å²) < 4.78 is 0. The first-order chi connectivity index (χ1) is 17.4. The van der Waals surface area contributed by atoms with Gasteiger partial charge in [0.1, 0.15) is 6.33 Å². The number of aromatic nitrogens is 2. The Balaban J connectivity index is 1.41. The Morgan fingerprint density at radius 3 is 1.89 bits per heavy atom. The molecule has 7 rings (SSSR count). The van der Waals surface area contributed by atoms with Crippen molar-refractivity contribution in [1.29, 1.82) is 0 Å². The van der Waals surface area contributed by atoms with Gasteiger partial charge in [0.05, 0.1) is 18.1 Å². The molecule has 0 unspecified atom stereocenters. The lowest BCUT2D eigenvalue weighted by molar-refractivity contribution is 1.13. The van der Waals surface area contributed by atoms with Gasteiger partial charge in [-0.05, 0) is 68.4 Å². The van der Waals surface area contributed by atoms with Gasteiger partial charge in [0.25, 0.3) is 0 Å². The fourth-order valence-electron chi connectivity index (χ4n) is 5.30. The second kappa shape index (κ2) is 7.93. The smallest absolute Gasteiger partial charge is 0.115 e. The Morgan fingerprint density at radius 2 is 1.09 bits per heavy atom. The molecule has 0 saturated carbocycles. The molecule has 5 aromatic carbocycles. The zero-order valence-corrected chi connectivity index (χ0v) is 19.0. The molecule has 0 spiro atoms. The van der Waals surface area contributed by atoms with Gasteiger partial charge in [-0.15, -0.1) is 0 Å². The lowest BCUT2D eigenvalue weighted by atomic mass is 9.94. The maximum Gasteiger partial charge on any atom is 0.115 e. The topological polar surface area (TPSA) is 29.0 Å². The van der Waals surface area contributed by atoms with E-state index in [-0.39, 0.29) is 0 Å². The Kier molecular flexibility index (Phi) is 4.46. The average Bonchev–Trinajstić information content (AvgIpc) is 3.26. The third kappa shape index (κ3) is 3.13. The maximum absolute atomic E-state index is 4.27. The Bertz CT molecular complexity index is 1620. The minimum Gasteiger partial charge on any atom is -0.308 e. The average molecular weight is 448 g/mol. The summed E-state index contributed by atoms with van der Waals surface area (Å²) in [6.07, 6.45) is 5.26. The van der Waals surface area contributed by atoms with Crippen LogP contribution in [0.1, 0.15) is 0 Å². The van der Waals surface area contributed by atoms with Crippen LogP contribution in [0.25, 0.3) is 44.2 Å². The van der Waals surface area contributed by atoms with Gasteiger partial charge in [-0.25, -0.2) is 9.97 Å². The molecule has 1 aromatic heterocycles. The van der Waals surface area contributed by atoms with Gasteiger partial charge in [0.15, 0.2) is 0 Å². The summed E-state index contributed by atoms with van der Waals surface area (Å²) in [4.78, 5) is 10.7. The number of anilines is 3. The summed E-state index contributed by atoms with van der Waals surface area (Å²) >= 11 is 0. The van der Waals surface area contributed by atoms with Gasteiger partial charge >= 0.3 is 0 Å². The molecule has 0 fully saturated rings. The van der Waals surface area contributed by atoms with Crippen LogP contribution in [0.15, 0.2) is 128 Å². The van der Waals surface area contributed by atoms with Crippen LogP contribution in [0.2, 0.25) is 0 Å². The van der Waals surface area contributed by atoms with Crippen LogP contribution in [0, 0.1) is 0 Å². The molecule has 3 nitrogen and oxygen atoms in total. The number of hydrogen-bond donors (Lipinski definition) is 0. The molecule has 0 aliphatic heterocycles. The zero-order valence-electron chi connectivity index (χ0n) is 19.0. The minimum atomic E-state index is 0.923. The molecular formula is C32H21N3. The molecule has 1 heterocycles. The molecule has 3 heteroatoms. The summed E-state index contributed by atoms with van der Waals surface area (Å²) in [5.41, 5.74) is 10.7. The lowest BCUT2D eigenvalue weighted by Crippen LogP contribution is -2.10.